The third kappa shape index (κ3) is 7.01. The predicted molar refractivity (Wildman–Crippen MR) is 116 cm³/mol. The molecule has 8 heteroatoms. The van der Waals surface area contributed by atoms with Gasteiger partial charge in [-0.25, -0.2) is 4.39 Å². The summed E-state index contributed by atoms with van der Waals surface area (Å²) in [7, 11) is 0. The Morgan fingerprint density at radius 1 is 1.06 bits per heavy atom. The van der Waals surface area contributed by atoms with Gasteiger partial charge < -0.3 is 14.6 Å². The standard InChI is InChI=1S/C24H26FN3O4/c1-16(2)18-5-3-17(4-6-18)13-14-26-21(29)15-31-23(30)12-11-22-27-24(28-32-22)19-7-9-20(25)10-8-19/h3-10,16H,11-15H2,1-2H3,(H,26,29). The van der Waals surface area contributed by atoms with Crippen LogP contribution < -0.4 is 5.32 Å². The number of halogens is 1. The highest BCUT2D eigenvalue weighted by Gasteiger charge is 2.13. The number of rotatable bonds is 10. The Morgan fingerprint density at radius 2 is 1.78 bits per heavy atom. The number of hydrogen-bond acceptors (Lipinski definition) is 6. The number of ether oxygens (including phenoxy) is 1. The molecule has 0 radical (unpaired) electrons. The van der Waals surface area contributed by atoms with E-state index >= 15 is 0 Å². The molecule has 0 saturated carbocycles. The molecule has 1 aromatic heterocycles. The van der Waals surface area contributed by atoms with Gasteiger partial charge in [0, 0.05) is 18.5 Å². The summed E-state index contributed by atoms with van der Waals surface area (Å²) in [4.78, 5) is 27.9. The molecule has 0 atom stereocenters. The third-order valence-electron chi connectivity index (χ3n) is 4.86. The average molecular weight is 439 g/mol. The van der Waals surface area contributed by atoms with Crippen LogP contribution in [0.5, 0.6) is 0 Å². The van der Waals surface area contributed by atoms with Crippen molar-refractivity contribution in [3.8, 4) is 11.4 Å². The Kier molecular flexibility index (Phi) is 8.08. The first-order valence-electron chi connectivity index (χ1n) is 10.5. The third-order valence-corrected chi connectivity index (χ3v) is 4.86. The Morgan fingerprint density at radius 3 is 2.47 bits per heavy atom. The number of nitrogens with zero attached hydrogens (tertiary/aromatic N) is 2. The molecule has 3 aromatic rings. The van der Waals surface area contributed by atoms with E-state index in [1.54, 1.807) is 0 Å². The maximum atomic E-state index is 13.0. The first kappa shape index (κ1) is 23.1. The number of amides is 1. The Hall–Kier alpha value is -3.55. The number of esters is 1. The molecule has 32 heavy (non-hydrogen) atoms. The molecule has 2 aromatic carbocycles. The lowest BCUT2D eigenvalue weighted by Gasteiger charge is -2.08. The van der Waals surface area contributed by atoms with Gasteiger partial charge in [0.1, 0.15) is 5.82 Å². The van der Waals surface area contributed by atoms with E-state index in [1.807, 2.05) is 0 Å². The minimum atomic E-state index is -0.536. The molecule has 0 spiro atoms. The fourth-order valence-electron chi connectivity index (χ4n) is 2.97. The highest BCUT2D eigenvalue weighted by Crippen LogP contribution is 2.17. The Balaban J connectivity index is 1.33. The summed E-state index contributed by atoms with van der Waals surface area (Å²) in [5, 5.41) is 6.55. The van der Waals surface area contributed by atoms with Crippen LogP contribution >= 0.6 is 0 Å². The van der Waals surface area contributed by atoms with Crippen LogP contribution in [0.1, 0.15) is 43.2 Å². The molecule has 168 valence electrons. The van der Waals surface area contributed by atoms with E-state index in [4.69, 9.17) is 9.26 Å². The van der Waals surface area contributed by atoms with Crippen LogP contribution in [0, 0.1) is 5.82 Å². The lowest BCUT2D eigenvalue weighted by molar-refractivity contribution is -0.148. The summed E-state index contributed by atoms with van der Waals surface area (Å²) in [5.74, 6) is -0.194. The number of carbonyl (C=O) groups excluding carboxylic acids is 2. The summed E-state index contributed by atoms with van der Waals surface area (Å²) < 4.78 is 23.1. The summed E-state index contributed by atoms with van der Waals surface area (Å²) in [6.07, 6.45) is 0.882. The molecular formula is C24H26FN3O4. The molecule has 0 saturated heterocycles. The van der Waals surface area contributed by atoms with Gasteiger partial charge in [-0.1, -0.05) is 43.3 Å². The fraction of sp³-hybridized carbons (Fsp3) is 0.333. The van der Waals surface area contributed by atoms with E-state index in [9.17, 15) is 14.0 Å². The van der Waals surface area contributed by atoms with Crippen molar-refractivity contribution in [2.24, 2.45) is 0 Å². The van der Waals surface area contributed by atoms with Crippen molar-refractivity contribution >= 4 is 11.9 Å². The molecule has 1 heterocycles. The van der Waals surface area contributed by atoms with Crippen molar-refractivity contribution in [2.75, 3.05) is 13.2 Å². The summed E-state index contributed by atoms with van der Waals surface area (Å²) in [6.45, 7) is 4.41. The van der Waals surface area contributed by atoms with E-state index in [1.165, 1.54) is 29.8 Å². The molecular weight excluding hydrogens is 413 g/mol. The topological polar surface area (TPSA) is 94.3 Å². The zero-order valence-corrected chi connectivity index (χ0v) is 18.1. The van der Waals surface area contributed by atoms with Gasteiger partial charge in [0.05, 0.1) is 6.42 Å². The molecule has 0 fully saturated rings. The van der Waals surface area contributed by atoms with Crippen molar-refractivity contribution < 1.29 is 23.2 Å². The van der Waals surface area contributed by atoms with Crippen molar-refractivity contribution in [1.82, 2.24) is 15.5 Å². The molecule has 0 aliphatic carbocycles. The van der Waals surface area contributed by atoms with Crippen molar-refractivity contribution in [1.29, 1.82) is 0 Å². The largest absolute Gasteiger partial charge is 0.456 e. The molecule has 7 nitrogen and oxygen atoms in total. The first-order chi connectivity index (χ1) is 15.4. The number of benzene rings is 2. The minimum absolute atomic E-state index is 0.000527. The molecule has 1 N–H and O–H groups in total. The van der Waals surface area contributed by atoms with Crippen molar-refractivity contribution in [3.63, 3.8) is 0 Å². The van der Waals surface area contributed by atoms with Crippen LogP contribution in [0.4, 0.5) is 4.39 Å². The Bertz CT molecular complexity index is 1030. The van der Waals surface area contributed by atoms with Crippen LogP contribution in [0.2, 0.25) is 0 Å². The lowest BCUT2D eigenvalue weighted by Crippen LogP contribution is -2.30. The van der Waals surface area contributed by atoms with Gasteiger partial charge in [0.2, 0.25) is 11.7 Å². The minimum Gasteiger partial charge on any atom is -0.456 e. The van der Waals surface area contributed by atoms with Crippen LogP contribution in [0.3, 0.4) is 0 Å². The summed E-state index contributed by atoms with van der Waals surface area (Å²) in [6, 6.07) is 14.0. The number of nitrogens with one attached hydrogen (secondary N) is 1. The van der Waals surface area contributed by atoms with Crippen LogP contribution in [0.15, 0.2) is 53.1 Å². The van der Waals surface area contributed by atoms with E-state index < -0.39 is 5.97 Å². The maximum absolute atomic E-state index is 13.0. The van der Waals surface area contributed by atoms with Gasteiger partial charge in [0.15, 0.2) is 6.61 Å². The van der Waals surface area contributed by atoms with Crippen LogP contribution in [-0.4, -0.2) is 35.2 Å². The molecule has 1 amide bonds. The SMILES string of the molecule is CC(C)c1ccc(CCNC(=O)COC(=O)CCc2nc(-c3ccc(F)cc3)no2)cc1. The molecule has 0 bridgehead atoms. The number of aryl methyl sites for hydroxylation is 1. The maximum Gasteiger partial charge on any atom is 0.306 e. The number of aromatic nitrogens is 2. The highest BCUT2D eigenvalue weighted by atomic mass is 19.1. The molecule has 0 aliphatic heterocycles. The Labute approximate surface area is 186 Å². The van der Waals surface area contributed by atoms with E-state index in [2.05, 4.69) is 53.6 Å². The van der Waals surface area contributed by atoms with Gasteiger partial charge in [0.25, 0.3) is 5.91 Å². The second-order valence-electron chi connectivity index (χ2n) is 7.68. The monoisotopic (exact) mass is 439 g/mol. The zero-order valence-electron chi connectivity index (χ0n) is 18.1. The van der Waals surface area contributed by atoms with E-state index in [-0.39, 0.29) is 37.1 Å². The van der Waals surface area contributed by atoms with E-state index in [0.717, 1.165) is 5.56 Å². The van der Waals surface area contributed by atoms with Gasteiger partial charge >= 0.3 is 5.97 Å². The van der Waals surface area contributed by atoms with Crippen molar-refractivity contribution in [3.05, 3.63) is 71.4 Å². The first-order valence-corrected chi connectivity index (χ1v) is 10.5. The number of carbonyl (C=O) groups is 2. The zero-order chi connectivity index (χ0) is 22.9. The van der Waals surface area contributed by atoms with E-state index in [0.29, 0.717) is 30.3 Å². The summed E-state index contributed by atoms with van der Waals surface area (Å²) >= 11 is 0. The molecule has 3 rings (SSSR count). The normalized spacial score (nSPS) is 10.9. The second kappa shape index (κ2) is 11.2. The highest BCUT2D eigenvalue weighted by molar-refractivity contribution is 5.80. The van der Waals surface area contributed by atoms with Crippen molar-refractivity contribution in [2.45, 2.75) is 39.0 Å². The number of hydrogen-bond donors (Lipinski definition) is 1. The van der Waals surface area contributed by atoms with Gasteiger partial charge in [-0.3, -0.25) is 9.59 Å². The predicted octanol–water partition coefficient (Wildman–Crippen LogP) is 3.83. The van der Waals surface area contributed by atoms with Gasteiger partial charge in [-0.05, 0) is 47.7 Å². The second-order valence-corrected chi connectivity index (χ2v) is 7.68. The van der Waals surface area contributed by atoms with Gasteiger partial charge in [-0.15, -0.1) is 0 Å². The fourth-order valence-corrected chi connectivity index (χ4v) is 2.97. The molecule has 0 unspecified atom stereocenters. The lowest BCUT2D eigenvalue weighted by atomic mass is 10.0. The quantitative estimate of drug-likeness (QED) is 0.483. The van der Waals surface area contributed by atoms with Crippen LogP contribution in [0.25, 0.3) is 11.4 Å². The van der Waals surface area contributed by atoms with Crippen LogP contribution in [-0.2, 0) is 27.2 Å². The smallest absolute Gasteiger partial charge is 0.306 e. The molecule has 0 aliphatic rings. The van der Waals surface area contributed by atoms with Gasteiger partial charge in [-0.2, -0.15) is 4.98 Å². The summed E-state index contributed by atoms with van der Waals surface area (Å²) in [5.41, 5.74) is 3.01. The average Bonchev–Trinajstić information content (AvgIpc) is 3.26.